The number of ether oxygens (including phenoxy) is 1. The Balaban J connectivity index is 1.40. The van der Waals surface area contributed by atoms with Crippen LogP contribution in [0.5, 0.6) is 5.75 Å². The maximum Gasteiger partial charge on any atom is 0.180 e. The summed E-state index contributed by atoms with van der Waals surface area (Å²) in [5.41, 5.74) is 1.78. The Bertz CT molecular complexity index is 1110. The van der Waals surface area contributed by atoms with Crippen molar-refractivity contribution in [3.05, 3.63) is 66.4 Å². The minimum absolute atomic E-state index is 0.137. The van der Waals surface area contributed by atoms with Crippen LogP contribution < -0.4 is 4.74 Å². The highest BCUT2D eigenvalue weighted by atomic mass is 32.2. The molecule has 0 N–H and O–H groups in total. The zero-order chi connectivity index (χ0) is 21.1. The van der Waals surface area contributed by atoms with Crippen molar-refractivity contribution in [1.29, 1.82) is 0 Å². The van der Waals surface area contributed by atoms with E-state index in [9.17, 15) is 8.42 Å². The molecule has 0 amide bonds. The van der Waals surface area contributed by atoms with Gasteiger partial charge in [0, 0.05) is 24.7 Å². The molecule has 0 radical (unpaired) electrons. The maximum absolute atomic E-state index is 13.1. The third-order valence-corrected chi connectivity index (χ3v) is 7.37. The third-order valence-electron chi connectivity index (χ3n) is 5.46. The quantitative estimate of drug-likeness (QED) is 0.565. The molecule has 2 heterocycles. The van der Waals surface area contributed by atoms with Gasteiger partial charge in [0.05, 0.1) is 22.3 Å². The topological polar surface area (TPSA) is 59.5 Å². The van der Waals surface area contributed by atoms with Crippen LogP contribution in [0.25, 0.3) is 10.9 Å². The summed E-state index contributed by atoms with van der Waals surface area (Å²) >= 11 is 0. The summed E-state index contributed by atoms with van der Waals surface area (Å²) in [6, 6.07) is 17.3. The SMILES string of the molecule is CC(C)Oc1ccc(CN2CC[C@@H](CS(=O)(=O)c3cccc4cccnc34)C2)cc1. The maximum atomic E-state index is 13.1. The summed E-state index contributed by atoms with van der Waals surface area (Å²) in [6.45, 7) is 6.56. The Hall–Kier alpha value is -2.44. The van der Waals surface area contributed by atoms with Gasteiger partial charge in [-0.25, -0.2) is 8.42 Å². The van der Waals surface area contributed by atoms with E-state index in [2.05, 4.69) is 22.0 Å². The summed E-state index contributed by atoms with van der Waals surface area (Å²) in [6.07, 6.45) is 2.70. The average molecular weight is 425 g/mol. The molecular formula is C24H28N2O3S. The van der Waals surface area contributed by atoms with Crippen LogP contribution in [0, 0.1) is 5.92 Å². The normalized spacial score (nSPS) is 17.6. The van der Waals surface area contributed by atoms with Gasteiger partial charge in [-0.2, -0.15) is 0 Å². The van der Waals surface area contributed by atoms with Crippen molar-refractivity contribution in [2.75, 3.05) is 18.8 Å². The van der Waals surface area contributed by atoms with Crippen molar-refractivity contribution >= 4 is 20.7 Å². The number of rotatable bonds is 7. The molecule has 1 aliphatic heterocycles. The first-order chi connectivity index (χ1) is 14.4. The lowest BCUT2D eigenvalue weighted by Crippen LogP contribution is -2.23. The van der Waals surface area contributed by atoms with Crippen LogP contribution in [-0.4, -0.2) is 43.2 Å². The molecule has 0 spiro atoms. The van der Waals surface area contributed by atoms with Gasteiger partial charge in [0.25, 0.3) is 0 Å². The van der Waals surface area contributed by atoms with Crippen LogP contribution in [0.15, 0.2) is 65.7 Å². The molecule has 4 rings (SSSR count). The summed E-state index contributed by atoms with van der Waals surface area (Å²) in [4.78, 5) is 7.00. The third kappa shape index (κ3) is 4.82. The van der Waals surface area contributed by atoms with Crippen LogP contribution >= 0.6 is 0 Å². The number of likely N-dealkylation sites (tertiary alicyclic amines) is 1. The number of pyridine rings is 1. The van der Waals surface area contributed by atoms with Gasteiger partial charge in [-0.05, 0) is 62.6 Å². The Kier molecular flexibility index (Phi) is 6.06. The van der Waals surface area contributed by atoms with Gasteiger partial charge in [-0.3, -0.25) is 9.88 Å². The predicted octanol–water partition coefficient (Wildman–Crippen LogP) is 4.32. The molecule has 1 aromatic heterocycles. The fourth-order valence-electron chi connectivity index (χ4n) is 4.12. The smallest absolute Gasteiger partial charge is 0.180 e. The largest absolute Gasteiger partial charge is 0.491 e. The van der Waals surface area contributed by atoms with Gasteiger partial charge in [0.15, 0.2) is 9.84 Å². The van der Waals surface area contributed by atoms with Gasteiger partial charge >= 0.3 is 0 Å². The lowest BCUT2D eigenvalue weighted by molar-refractivity contribution is 0.242. The van der Waals surface area contributed by atoms with Crippen molar-refractivity contribution in [3.8, 4) is 5.75 Å². The Labute approximate surface area is 178 Å². The van der Waals surface area contributed by atoms with Gasteiger partial charge < -0.3 is 4.74 Å². The highest BCUT2D eigenvalue weighted by Gasteiger charge is 2.29. The Morgan fingerprint density at radius 3 is 2.63 bits per heavy atom. The van der Waals surface area contributed by atoms with Crippen molar-refractivity contribution in [2.24, 2.45) is 5.92 Å². The molecule has 0 saturated carbocycles. The fourth-order valence-corrected chi connectivity index (χ4v) is 5.95. The van der Waals surface area contributed by atoms with E-state index in [1.54, 1.807) is 18.3 Å². The second-order valence-electron chi connectivity index (χ2n) is 8.31. The van der Waals surface area contributed by atoms with E-state index >= 15 is 0 Å². The fraction of sp³-hybridized carbons (Fsp3) is 0.375. The zero-order valence-corrected chi connectivity index (χ0v) is 18.3. The molecule has 158 valence electrons. The molecule has 6 heteroatoms. The monoisotopic (exact) mass is 424 g/mol. The van der Waals surface area contributed by atoms with Crippen LogP contribution in [0.1, 0.15) is 25.8 Å². The number of nitrogens with zero attached hydrogens (tertiary/aromatic N) is 2. The lowest BCUT2D eigenvalue weighted by atomic mass is 10.1. The highest BCUT2D eigenvalue weighted by Crippen LogP contribution is 2.27. The molecule has 30 heavy (non-hydrogen) atoms. The van der Waals surface area contributed by atoms with E-state index in [-0.39, 0.29) is 17.8 Å². The summed E-state index contributed by atoms with van der Waals surface area (Å²) in [5.74, 6) is 1.18. The molecular weight excluding hydrogens is 396 g/mol. The molecule has 0 bridgehead atoms. The zero-order valence-electron chi connectivity index (χ0n) is 17.5. The van der Waals surface area contributed by atoms with Crippen molar-refractivity contribution in [2.45, 2.75) is 37.8 Å². The van der Waals surface area contributed by atoms with Crippen molar-refractivity contribution < 1.29 is 13.2 Å². The number of aromatic nitrogens is 1. The van der Waals surface area contributed by atoms with Gasteiger partial charge in [0.1, 0.15) is 5.75 Å². The highest BCUT2D eigenvalue weighted by molar-refractivity contribution is 7.91. The lowest BCUT2D eigenvalue weighted by Gasteiger charge is -2.17. The van der Waals surface area contributed by atoms with Crippen molar-refractivity contribution in [1.82, 2.24) is 9.88 Å². The standard InChI is InChI=1S/C24H28N2O3S/c1-18(2)29-22-10-8-19(9-11-22)15-26-14-12-20(16-26)17-30(27,28)23-7-3-5-21-6-4-13-25-24(21)23/h3-11,13,18,20H,12,14-17H2,1-2H3/t20-/m1/s1. The van der Waals surface area contributed by atoms with E-state index in [0.717, 1.165) is 37.2 Å². The van der Waals surface area contributed by atoms with Gasteiger partial charge in [0.2, 0.25) is 0 Å². The van der Waals surface area contributed by atoms with E-state index in [1.165, 1.54) is 5.56 Å². The van der Waals surface area contributed by atoms with E-state index < -0.39 is 9.84 Å². The summed E-state index contributed by atoms with van der Waals surface area (Å²) < 4.78 is 31.9. The molecule has 0 unspecified atom stereocenters. The van der Waals surface area contributed by atoms with E-state index in [1.807, 2.05) is 44.2 Å². The van der Waals surface area contributed by atoms with Crippen LogP contribution in [0.3, 0.4) is 0 Å². The Morgan fingerprint density at radius 1 is 1.10 bits per heavy atom. The second kappa shape index (κ2) is 8.74. The number of benzene rings is 2. The molecule has 1 aliphatic rings. The van der Waals surface area contributed by atoms with Crippen LogP contribution in [0.4, 0.5) is 0 Å². The minimum Gasteiger partial charge on any atom is -0.491 e. The molecule has 1 saturated heterocycles. The number of fused-ring (bicyclic) bond motifs is 1. The van der Waals surface area contributed by atoms with Gasteiger partial charge in [-0.1, -0.05) is 30.3 Å². The van der Waals surface area contributed by atoms with E-state index in [4.69, 9.17) is 4.74 Å². The summed E-state index contributed by atoms with van der Waals surface area (Å²) in [7, 11) is -3.39. The van der Waals surface area contributed by atoms with Gasteiger partial charge in [-0.15, -0.1) is 0 Å². The average Bonchev–Trinajstić information content (AvgIpc) is 3.14. The molecule has 5 nitrogen and oxygen atoms in total. The molecule has 0 aliphatic carbocycles. The number of para-hydroxylation sites is 1. The molecule has 1 atom stereocenters. The minimum atomic E-state index is -3.39. The first-order valence-corrected chi connectivity index (χ1v) is 12.1. The number of hydrogen-bond acceptors (Lipinski definition) is 5. The first kappa shape index (κ1) is 20.8. The summed E-state index contributed by atoms with van der Waals surface area (Å²) in [5, 5.41) is 0.858. The second-order valence-corrected chi connectivity index (χ2v) is 10.3. The molecule has 1 fully saturated rings. The first-order valence-electron chi connectivity index (χ1n) is 10.5. The number of sulfone groups is 1. The number of hydrogen-bond donors (Lipinski definition) is 0. The predicted molar refractivity (Wildman–Crippen MR) is 119 cm³/mol. The Morgan fingerprint density at radius 2 is 1.87 bits per heavy atom. The molecule has 2 aromatic carbocycles. The van der Waals surface area contributed by atoms with Crippen LogP contribution in [-0.2, 0) is 16.4 Å². The molecule has 3 aromatic rings. The van der Waals surface area contributed by atoms with Crippen molar-refractivity contribution in [3.63, 3.8) is 0 Å². The van der Waals surface area contributed by atoms with Crippen LogP contribution in [0.2, 0.25) is 0 Å². The van der Waals surface area contributed by atoms with E-state index in [0.29, 0.717) is 10.4 Å².